The Bertz CT molecular complexity index is 737. The number of benzene rings is 1. The van der Waals surface area contributed by atoms with Gasteiger partial charge in [-0.05, 0) is 43.4 Å². The van der Waals surface area contributed by atoms with Crippen molar-refractivity contribution in [2.24, 2.45) is 0 Å². The minimum Gasteiger partial charge on any atom is -0.367 e. The maximum absolute atomic E-state index is 12.5. The number of anilines is 1. The summed E-state index contributed by atoms with van der Waals surface area (Å²) in [7, 11) is 0. The van der Waals surface area contributed by atoms with Crippen LogP contribution in [0.5, 0.6) is 0 Å². The van der Waals surface area contributed by atoms with Crippen LogP contribution in [-0.4, -0.2) is 41.0 Å². The van der Waals surface area contributed by atoms with Gasteiger partial charge in [0.1, 0.15) is 11.5 Å². The molecule has 2 heterocycles. The lowest BCUT2D eigenvalue weighted by atomic mass is 10.0. The number of rotatable bonds is 6. The first-order valence-corrected chi connectivity index (χ1v) is 9.57. The van der Waals surface area contributed by atoms with Gasteiger partial charge in [0.2, 0.25) is 0 Å². The fourth-order valence-corrected chi connectivity index (χ4v) is 3.41. The molecule has 0 radical (unpaired) electrons. The van der Waals surface area contributed by atoms with E-state index in [4.69, 9.17) is 0 Å². The van der Waals surface area contributed by atoms with Crippen molar-refractivity contribution >= 4 is 11.7 Å². The molecule has 136 valence electrons. The smallest absolute Gasteiger partial charge is 0.270 e. The molecule has 2 N–H and O–H groups in total. The van der Waals surface area contributed by atoms with E-state index in [1.54, 1.807) is 6.07 Å². The van der Waals surface area contributed by atoms with Crippen LogP contribution >= 0.6 is 0 Å². The summed E-state index contributed by atoms with van der Waals surface area (Å²) in [4.78, 5) is 19.4. The third kappa shape index (κ3) is 4.61. The largest absolute Gasteiger partial charge is 0.367 e. The molecule has 0 atom stereocenters. The van der Waals surface area contributed by atoms with E-state index in [-0.39, 0.29) is 11.9 Å². The number of hydrogen-bond acceptors (Lipinski definition) is 4. The fourth-order valence-electron chi connectivity index (χ4n) is 3.41. The van der Waals surface area contributed by atoms with Gasteiger partial charge in [-0.1, -0.05) is 36.4 Å². The normalized spacial score (nSPS) is 18.5. The lowest BCUT2D eigenvalue weighted by molar-refractivity contribution is 0.0904. The molecule has 5 heteroatoms. The Kier molecular flexibility index (Phi) is 5.16. The highest BCUT2D eigenvalue weighted by atomic mass is 16.1. The van der Waals surface area contributed by atoms with Gasteiger partial charge in [-0.25, -0.2) is 4.98 Å². The summed E-state index contributed by atoms with van der Waals surface area (Å²) in [6.45, 7) is 3.00. The highest BCUT2D eigenvalue weighted by molar-refractivity contribution is 5.92. The average molecular weight is 350 g/mol. The molecule has 2 fully saturated rings. The molecule has 0 bridgehead atoms. The molecule has 5 nitrogen and oxygen atoms in total. The molecule has 1 aliphatic heterocycles. The van der Waals surface area contributed by atoms with E-state index >= 15 is 0 Å². The second kappa shape index (κ2) is 7.87. The van der Waals surface area contributed by atoms with Gasteiger partial charge in [-0.2, -0.15) is 0 Å². The van der Waals surface area contributed by atoms with Gasteiger partial charge < -0.3 is 10.6 Å². The van der Waals surface area contributed by atoms with E-state index < -0.39 is 0 Å². The van der Waals surface area contributed by atoms with Crippen LogP contribution in [0.1, 0.15) is 41.7 Å². The minimum atomic E-state index is -0.0639. The second-order valence-electron chi connectivity index (χ2n) is 7.34. The molecule has 1 amide bonds. The minimum absolute atomic E-state index is 0.0639. The van der Waals surface area contributed by atoms with Gasteiger partial charge in [0, 0.05) is 31.7 Å². The maximum Gasteiger partial charge on any atom is 0.270 e. The van der Waals surface area contributed by atoms with Crippen molar-refractivity contribution in [1.82, 2.24) is 15.2 Å². The van der Waals surface area contributed by atoms with Crippen LogP contribution in [0.25, 0.3) is 0 Å². The first kappa shape index (κ1) is 17.0. The highest BCUT2D eigenvalue weighted by Crippen LogP contribution is 2.23. The quantitative estimate of drug-likeness (QED) is 0.841. The number of carbonyl (C=O) groups excluding carboxylic acids is 1. The zero-order valence-corrected chi connectivity index (χ0v) is 15.0. The molecule has 0 spiro atoms. The number of pyridine rings is 1. The van der Waals surface area contributed by atoms with E-state index in [1.807, 2.05) is 12.1 Å². The van der Waals surface area contributed by atoms with Crippen molar-refractivity contribution in [3.05, 3.63) is 59.8 Å². The zero-order valence-electron chi connectivity index (χ0n) is 15.0. The maximum atomic E-state index is 12.5. The summed E-state index contributed by atoms with van der Waals surface area (Å²) in [6.07, 6.45) is 4.36. The SMILES string of the molecule is O=C(NC1CCN(Cc2ccccc2)CC1)c1cccc(NC2CC2)n1. The Morgan fingerprint density at radius 3 is 2.46 bits per heavy atom. The van der Waals surface area contributed by atoms with Gasteiger partial charge in [0.25, 0.3) is 5.91 Å². The number of hydrogen-bond donors (Lipinski definition) is 2. The summed E-state index contributed by atoms with van der Waals surface area (Å²) < 4.78 is 0. The highest BCUT2D eigenvalue weighted by Gasteiger charge is 2.23. The molecule has 1 saturated heterocycles. The lowest BCUT2D eigenvalue weighted by Gasteiger charge is -2.32. The van der Waals surface area contributed by atoms with Gasteiger partial charge >= 0.3 is 0 Å². The topological polar surface area (TPSA) is 57.3 Å². The van der Waals surface area contributed by atoms with Crippen LogP contribution in [0.4, 0.5) is 5.82 Å². The summed E-state index contributed by atoms with van der Waals surface area (Å²) in [5.41, 5.74) is 1.85. The number of carbonyl (C=O) groups is 1. The number of aromatic nitrogens is 1. The number of amides is 1. The molecule has 1 saturated carbocycles. The Morgan fingerprint density at radius 2 is 1.73 bits per heavy atom. The predicted molar refractivity (Wildman–Crippen MR) is 103 cm³/mol. The van der Waals surface area contributed by atoms with Crippen molar-refractivity contribution in [3.63, 3.8) is 0 Å². The van der Waals surface area contributed by atoms with E-state index in [0.29, 0.717) is 11.7 Å². The Balaban J connectivity index is 1.26. The van der Waals surface area contributed by atoms with Crippen LogP contribution in [0.15, 0.2) is 48.5 Å². The molecular weight excluding hydrogens is 324 g/mol. The summed E-state index contributed by atoms with van der Waals surface area (Å²) >= 11 is 0. The number of nitrogens with one attached hydrogen (secondary N) is 2. The van der Waals surface area contributed by atoms with E-state index in [0.717, 1.165) is 38.3 Å². The van der Waals surface area contributed by atoms with Gasteiger partial charge in [0.15, 0.2) is 0 Å². The lowest BCUT2D eigenvalue weighted by Crippen LogP contribution is -2.44. The molecule has 1 aromatic heterocycles. The Hall–Kier alpha value is -2.40. The summed E-state index contributed by atoms with van der Waals surface area (Å²) in [5, 5.41) is 6.51. The average Bonchev–Trinajstić information content (AvgIpc) is 3.48. The fraction of sp³-hybridized carbons (Fsp3) is 0.429. The molecule has 26 heavy (non-hydrogen) atoms. The van der Waals surface area contributed by atoms with Crippen LogP contribution in [0.3, 0.4) is 0 Å². The van der Waals surface area contributed by atoms with Gasteiger partial charge in [0.05, 0.1) is 0 Å². The third-order valence-corrected chi connectivity index (χ3v) is 5.08. The molecule has 1 aliphatic carbocycles. The van der Waals surface area contributed by atoms with Crippen LogP contribution in [0, 0.1) is 0 Å². The van der Waals surface area contributed by atoms with Crippen molar-refractivity contribution in [1.29, 1.82) is 0 Å². The van der Waals surface area contributed by atoms with Crippen LogP contribution < -0.4 is 10.6 Å². The standard InChI is InChI=1S/C21H26N4O/c26-21(19-7-4-8-20(24-19)22-17-9-10-17)23-18-11-13-25(14-12-18)15-16-5-2-1-3-6-16/h1-8,17-18H,9-15H2,(H,22,24)(H,23,26). The zero-order chi connectivity index (χ0) is 17.8. The second-order valence-corrected chi connectivity index (χ2v) is 7.34. The molecule has 2 aromatic rings. The van der Waals surface area contributed by atoms with Crippen LogP contribution in [0.2, 0.25) is 0 Å². The summed E-state index contributed by atoms with van der Waals surface area (Å²) in [6, 6.07) is 16.9. The molecule has 4 rings (SSSR count). The number of piperidine rings is 1. The molecule has 1 aromatic carbocycles. The number of likely N-dealkylation sites (tertiary alicyclic amines) is 1. The third-order valence-electron chi connectivity index (χ3n) is 5.08. The van der Waals surface area contributed by atoms with Crippen LogP contribution in [-0.2, 0) is 6.54 Å². The first-order chi connectivity index (χ1) is 12.8. The van der Waals surface area contributed by atoms with Crippen molar-refractivity contribution < 1.29 is 4.79 Å². The van der Waals surface area contributed by atoms with E-state index in [2.05, 4.69) is 50.8 Å². The molecule has 2 aliphatic rings. The Morgan fingerprint density at radius 1 is 0.962 bits per heavy atom. The van der Waals surface area contributed by atoms with Gasteiger partial charge in [-0.3, -0.25) is 9.69 Å². The van der Waals surface area contributed by atoms with Crippen molar-refractivity contribution in [3.8, 4) is 0 Å². The summed E-state index contributed by atoms with van der Waals surface area (Å²) in [5.74, 6) is 0.740. The molecular formula is C21H26N4O. The van der Waals surface area contributed by atoms with E-state index in [9.17, 15) is 4.79 Å². The van der Waals surface area contributed by atoms with Gasteiger partial charge in [-0.15, -0.1) is 0 Å². The van der Waals surface area contributed by atoms with Crippen molar-refractivity contribution in [2.45, 2.75) is 44.3 Å². The molecule has 0 unspecified atom stereocenters. The monoisotopic (exact) mass is 350 g/mol. The van der Waals surface area contributed by atoms with Crippen molar-refractivity contribution in [2.75, 3.05) is 18.4 Å². The number of nitrogens with zero attached hydrogens (tertiary/aromatic N) is 2. The first-order valence-electron chi connectivity index (χ1n) is 9.57. The van der Waals surface area contributed by atoms with E-state index in [1.165, 1.54) is 18.4 Å². The Labute approximate surface area is 154 Å². The predicted octanol–water partition coefficient (Wildman–Crippen LogP) is 3.05.